The zero-order valence-electron chi connectivity index (χ0n) is 8.46. The molecule has 0 spiro atoms. The molecule has 0 atom stereocenters. The third-order valence-corrected chi connectivity index (χ3v) is 3.51. The summed E-state index contributed by atoms with van der Waals surface area (Å²) >= 11 is 5.62. The van der Waals surface area contributed by atoms with Crippen LogP contribution in [0.15, 0.2) is 29.6 Å². The van der Waals surface area contributed by atoms with Gasteiger partial charge in [-0.2, -0.15) is 5.10 Å². The average molecular weight is 274 g/mol. The summed E-state index contributed by atoms with van der Waals surface area (Å²) in [7, 11) is -3.62. The van der Waals surface area contributed by atoms with E-state index in [2.05, 4.69) is 24.9 Å². The molecule has 0 aromatic carbocycles. The molecule has 9 heteroatoms. The fraction of sp³-hybridized carbons (Fsp3) is 0.125. The van der Waals surface area contributed by atoms with Crippen molar-refractivity contribution in [2.45, 2.75) is 11.4 Å². The molecule has 7 nitrogen and oxygen atoms in total. The summed E-state index contributed by atoms with van der Waals surface area (Å²) in [6, 6.07) is 2.62. The molecule has 0 amide bonds. The number of aromatic amines is 1. The number of halogens is 1. The second kappa shape index (κ2) is 4.78. The normalized spacial score (nSPS) is 11.6. The predicted octanol–water partition coefficient (Wildman–Crippen LogP) is 0.332. The lowest BCUT2D eigenvalue weighted by Crippen LogP contribution is -2.23. The Bertz CT molecular complexity index is 598. The Labute approximate surface area is 102 Å². The molecular weight excluding hydrogens is 266 g/mol. The van der Waals surface area contributed by atoms with Crippen molar-refractivity contribution in [2.75, 3.05) is 0 Å². The van der Waals surface area contributed by atoms with E-state index in [0.29, 0.717) is 5.82 Å². The van der Waals surface area contributed by atoms with Crippen molar-refractivity contribution < 1.29 is 8.42 Å². The smallest absolute Gasteiger partial charge is 0.241 e. The highest BCUT2D eigenvalue weighted by Crippen LogP contribution is 2.12. The van der Waals surface area contributed by atoms with Crippen LogP contribution >= 0.6 is 11.6 Å². The van der Waals surface area contributed by atoms with Crippen LogP contribution in [0.4, 0.5) is 0 Å². The van der Waals surface area contributed by atoms with Crippen LogP contribution in [-0.4, -0.2) is 28.6 Å². The number of hydrogen-bond donors (Lipinski definition) is 2. The SMILES string of the molecule is O=S(=O)(NCc1ncn[nH]1)c1ccnc(Cl)c1. The van der Waals surface area contributed by atoms with Crippen LogP contribution in [0, 0.1) is 0 Å². The Morgan fingerprint density at radius 1 is 1.41 bits per heavy atom. The Morgan fingerprint density at radius 2 is 2.24 bits per heavy atom. The summed E-state index contributed by atoms with van der Waals surface area (Å²) in [5, 5.41) is 6.27. The first-order chi connectivity index (χ1) is 8.08. The lowest BCUT2D eigenvalue weighted by molar-refractivity contribution is 0.579. The molecule has 0 bridgehead atoms. The molecule has 0 aliphatic carbocycles. The van der Waals surface area contributed by atoms with Gasteiger partial charge in [-0.25, -0.2) is 23.1 Å². The van der Waals surface area contributed by atoms with Crippen LogP contribution in [-0.2, 0) is 16.6 Å². The van der Waals surface area contributed by atoms with Crippen molar-refractivity contribution in [3.63, 3.8) is 0 Å². The van der Waals surface area contributed by atoms with E-state index in [9.17, 15) is 8.42 Å². The lowest BCUT2D eigenvalue weighted by Gasteiger charge is -2.04. The molecule has 0 unspecified atom stereocenters. The van der Waals surface area contributed by atoms with E-state index in [1.807, 2.05) is 0 Å². The molecule has 0 fully saturated rings. The van der Waals surface area contributed by atoms with Gasteiger partial charge in [0.05, 0.1) is 11.4 Å². The average Bonchev–Trinajstić information content (AvgIpc) is 2.79. The lowest BCUT2D eigenvalue weighted by atomic mass is 10.5. The molecule has 0 saturated carbocycles. The van der Waals surface area contributed by atoms with Gasteiger partial charge < -0.3 is 0 Å². The van der Waals surface area contributed by atoms with E-state index in [4.69, 9.17) is 11.6 Å². The van der Waals surface area contributed by atoms with Gasteiger partial charge in [0.1, 0.15) is 17.3 Å². The summed E-state index contributed by atoms with van der Waals surface area (Å²) in [6.07, 6.45) is 2.62. The van der Waals surface area contributed by atoms with Crippen molar-refractivity contribution in [2.24, 2.45) is 0 Å². The zero-order chi connectivity index (χ0) is 12.3. The van der Waals surface area contributed by atoms with E-state index >= 15 is 0 Å². The Morgan fingerprint density at radius 3 is 2.88 bits per heavy atom. The molecule has 2 aromatic heterocycles. The molecule has 2 aromatic rings. The van der Waals surface area contributed by atoms with Crippen molar-refractivity contribution in [3.8, 4) is 0 Å². The largest absolute Gasteiger partial charge is 0.262 e. The molecule has 0 aliphatic heterocycles. The third-order valence-electron chi connectivity index (χ3n) is 1.90. The summed E-state index contributed by atoms with van der Waals surface area (Å²) in [5.74, 6) is 0.425. The zero-order valence-corrected chi connectivity index (χ0v) is 10.0. The quantitative estimate of drug-likeness (QED) is 0.782. The first kappa shape index (κ1) is 12.0. The van der Waals surface area contributed by atoms with Crippen LogP contribution in [0.5, 0.6) is 0 Å². The standard InChI is InChI=1S/C8H8ClN5O2S/c9-7-3-6(1-2-10-7)17(15,16)13-4-8-11-5-12-14-8/h1-3,5,13H,4H2,(H,11,12,14). The molecule has 2 rings (SSSR count). The molecule has 90 valence electrons. The minimum absolute atomic E-state index is 0.0300. The van der Waals surface area contributed by atoms with Gasteiger partial charge in [-0.1, -0.05) is 11.6 Å². The van der Waals surface area contributed by atoms with Crippen LogP contribution in [0.25, 0.3) is 0 Å². The van der Waals surface area contributed by atoms with Crippen LogP contribution in [0.1, 0.15) is 5.82 Å². The number of pyridine rings is 1. The van der Waals surface area contributed by atoms with E-state index < -0.39 is 10.0 Å². The van der Waals surface area contributed by atoms with Gasteiger partial charge in [0.15, 0.2) is 0 Å². The second-order valence-corrected chi connectivity index (χ2v) is 5.23. The van der Waals surface area contributed by atoms with Gasteiger partial charge in [-0.15, -0.1) is 0 Å². The maximum Gasteiger partial charge on any atom is 0.241 e. The molecule has 0 radical (unpaired) electrons. The summed E-state index contributed by atoms with van der Waals surface area (Å²) in [6.45, 7) is 0.0300. The van der Waals surface area contributed by atoms with E-state index in [-0.39, 0.29) is 16.6 Å². The highest BCUT2D eigenvalue weighted by atomic mass is 35.5. The number of nitrogens with one attached hydrogen (secondary N) is 2. The summed E-state index contributed by atoms with van der Waals surface area (Å²) in [5.41, 5.74) is 0. The molecule has 0 aliphatic rings. The van der Waals surface area contributed by atoms with Gasteiger partial charge in [-0.05, 0) is 12.1 Å². The van der Waals surface area contributed by atoms with E-state index in [1.165, 1.54) is 24.7 Å². The van der Waals surface area contributed by atoms with Crippen molar-refractivity contribution in [1.82, 2.24) is 24.9 Å². The maximum absolute atomic E-state index is 11.8. The van der Waals surface area contributed by atoms with Gasteiger partial charge >= 0.3 is 0 Å². The number of rotatable bonds is 4. The molecule has 2 heterocycles. The Kier molecular flexibility index (Phi) is 3.36. The predicted molar refractivity (Wildman–Crippen MR) is 59.7 cm³/mol. The van der Waals surface area contributed by atoms with Crippen molar-refractivity contribution in [3.05, 3.63) is 35.6 Å². The maximum atomic E-state index is 11.8. The van der Waals surface area contributed by atoms with Crippen LogP contribution < -0.4 is 4.72 Å². The second-order valence-electron chi connectivity index (χ2n) is 3.07. The molecule has 0 saturated heterocycles. The van der Waals surface area contributed by atoms with E-state index in [1.54, 1.807) is 0 Å². The number of H-pyrrole nitrogens is 1. The number of nitrogens with zero attached hydrogens (tertiary/aromatic N) is 3. The molecule has 2 N–H and O–H groups in total. The number of sulfonamides is 1. The summed E-state index contributed by atoms with van der Waals surface area (Å²) < 4.78 is 26.0. The summed E-state index contributed by atoms with van der Waals surface area (Å²) in [4.78, 5) is 7.56. The third kappa shape index (κ3) is 2.99. The molecule has 17 heavy (non-hydrogen) atoms. The topological polar surface area (TPSA) is 101 Å². The fourth-order valence-corrected chi connectivity index (χ4v) is 2.35. The Balaban J connectivity index is 2.14. The van der Waals surface area contributed by atoms with Gasteiger partial charge in [0.2, 0.25) is 10.0 Å². The minimum Gasteiger partial charge on any atom is -0.262 e. The number of aromatic nitrogens is 4. The monoisotopic (exact) mass is 273 g/mol. The van der Waals surface area contributed by atoms with E-state index in [0.717, 1.165) is 0 Å². The van der Waals surface area contributed by atoms with Crippen LogP contribution in [0.3, 0.4) is 0 Å². The van der Waals surface area contributed by atoms with Crippen LogP contribution in [0.2, 0.25) is 5.15 Å². The molecular formula is C8H8ClN5O2S. The fourth-order valence-electron chi connectivity index (χ4n) is 1.11. The van der Waals surface area contributed by atoms with Gasteiger partial charge in [-0.3, -0.25) is 5.10 Å². The number of hydrogen-bond acceptors (Lipinski definition) is 5. The Hall–Kier alpha value is -1.51. The highest BCUT2D eigenvalue weighted by molar-refractivity contribution is 7.89. The van der Waals surface area contributed by atoms with Gasteiger partial charge in [0, 0.05) is 6.20 Å². The first-order valence-corrected chi connectivity index (χ1v) is 6.39. The van der Waals surface area contributed by atoms with Crippen molar-refractivity contribution in [1.29, 1.82) is 0 Å². The minimum atomic E-state index is -3.62. The highest BCUT2D eigenvalue weighted by Gasteiger charge is 2.14. The van der Waals surface area contributed by atoms with Gasteiger partial charge in [0.25, 0.3) is 0 Å². The first-order valence-electron chi connectivity index (χ1n) is 4.53. The van der Waals surface area contributed by atoms with Crippen molar-refractivity contribution >= 4 is 21.6 Å².